The van der Waals surface area contributed by atoms with Crippen LogP contribution in [0.25, 0.3) is 11.2 Å². The molecule has 2 saturated heterocycles. The number of aromatic nitrogens is 3. The molecule has 2 fully saturated rings. The van der Waals surface area contributed by atoms with Crippen molar-refractivity contribution >= 4 is 11.2 Å². The van der Waals surface area contributed by atoms with Gasteiger partial charge in [-0.15, -0.1) is 0 Å². The summed E-state index contributed by atoms with van der Waals surface area (Å²) in [5.41, 5.74) is 1.99. The van der Waals surface area contributed by atoms with Crippen LogP contribution in [0.1, 0.15) is 44.7 Å². The molecule has 2 aromatic heterocycles. The lowest BCUT2D eigenvalue weighted by molar-refractivity contribution is 0.0561. The minimum Gasteiger partial charge on any atom is -0.358 e. The number of pyridine rings is 1. The molecule has 0 radical (unpaired) electrons. The molecule has 4 heterocycles. The van der Waals surface area contributed by atoms with Gasteiger partial charge in [0.1, 0.15) is 17.6 Å². The summed E-state index contributed by atoms with van der Waals surface area (Å²) >= 11 is 0. The molecule has 2 aromatic rings. The topological polar surface area (TPSA) is 43.2 Å². The number of likely N-dealkylation sites (tertiary alicyclic amines) is 1. The summed E-state index contributed by atoms with van der Waals surface area (Å²) in [6.45, 7) is 6.72. The van der Waals surface area contributed by atoms with E-state index < -0.39 is 0 Å². The number of imidazole rings is 1. The van der Waals surface area contributed by atoms with Crippen molar-refractivity contribution in [3.63, 3.8) is 0 Å². The summed E-state index contributed by atoms with van der Waals surface area (Å²) in [6.07, 6.45) is 7.79. The molecule has 5 heteroatoms. The van der Waals surface area contributed by atoms with Gasteiger partial charge in [0.2, 0.25) is 0 Å². The fourth-order valence-electron chi connectivity index (χ4n) is 3.95. The van der Waals surface area contributed by atoms with Crippen molar-refractivity contribution in [2.24, 2.45) is 5.92 Å². The highest BCUT2D eigenvalue weighted by Crippen LogP contribution is 2.30. The first kappa shape index (κ1) is 15.1. The molecule has 0 aromatic carbocycles. The fraction of sp³-hybridized carbons (Fsp3) is 0.667. The van der Waals surface area contributed by atoms with E-state index in [1.807, 2.05) is 12.3 Å². The molecule has 0 aliphatic carbocycles. The fourth-order valence-corrected chi connectivity index (χ4v) is 3.95. The molecule has 5 nitrogen and oxygen atoms in total. The minimum atomic E-state index is 0.126. The summed E-state index contributed by atoms with van der Waals surface area (Å²) in [4.78, 5) is 12.0. The van der Waals surface area contributed by atoms with E-state index in [4.69, 9.17) is 9.72 Å². The Bertz CT molecular complexity index is 654. The molecule has 2 aliphatic rings. The Labute approximate surface area is 137 Å². The molecule has 2 aliphatic heterocycles. The standard InChI is InChI=1S/C18H26N4O/c1-2-21-10-7-14(8-11-21)13-16-20-15-5-3-9-19-18(15)22(16)17-6-4-12-23-17/h3,5,9,14,17H,2,4,6-8,10-13H2,1H3. The predicted molar refractivity (Wildman–Crippen MR) is 90.3 cm³/mol. The number of nitrogens with zero attached hydrogens (tertiary/aromatic N) is 4. The number of hydrogen-bond acceptors (Lipinski definition) is 4. The zero-order chi connectivity index (χ0) is 15.6. The van der Waals surface area contributed by atoms with Crippen LogP contribution in [-0.4, -0.2) is 45.7 Å². The molecular weight excluding hydrogens is 288 g/mol. The maximum Gasteiger partial charge on any atom is 0.162 e. The number of ether oxygens (including phenoxy) is 1. The van der Waals surface area contributed by atoms with Crippen molar-refractivity contribution in [3.8, 4) is 0 Å². The van der Waals surface area contributed by atoms with Crippen LogP contribution in [0.4, 0.5) is 0 Å². The molecule has 4 rings (SSSR count). The highest BCUT2D eigenvalue weighted by molar-refractivity contribution is 5.71. The van der Waals surface area contributed by atoms with E-state index in [-0.39, 0.29) is 6.23 Å². The molecule has 23 heavy (non-hydrogen) atoms. The van der Waals surface area contributed by atoms with Crippen LogP contribution in [0.5, 0.6) is 0 Å². The molecule has 1 atom stereocenters. The molecule has 0 N–H and O–H groups in total. The number of rotatable bonds is 4. The molecule has 1 unspecified atom stereocenters. The summed E-state index contributed by atoms with van der Waals surface area (Å²) < 4.78 is 8.22. The van der Waals surface area contributed by atoms with Gasteiger partial charge in [-0.25, -0.2) is 9.97 Å². The van der Waals surface area contributed by atoms with Gasteiger partial charge in [-0.1, -0.05) is 6.92 Å². The van der Waals surface area contributed by atoms with Crippen molar-refractivity contribution < 1.29 is 4.74 Å². The summed E-state index contributed by atoms with van der Waals surface area (Å²) in [7, 11) is 0. The Morgan fingerprint density at radius 2 is 2.13 bits per heavy atom. The van der Waals surface area contributed by atoms with Gasteiger partial charge in [0, 0.05) is 19.2 Å². The second-order valence-corrected chi connectivity index (χ2v) is 6.79. The van der Waals surface area contributed by atoms with Crippen LogP contribution in [0.2, 0.25) is 0 Å². The van der Waals surface area contributed by atoms with E-state index >= 15 is 0 Å². The van der Waals surface area contributed by atoms with Crippen molar-refractivity contribution in [1.29, 1.82) is 0 Å². The highest BCUT2D eigenvalue weighted by Gasteiger charge is 2.26. The van der Waals surface area contributed by atoms with E-state index in [9.17, 15) is 0 Å². The van der Waals surface area contributed by atoms with Crippen LogP contribution in [0.15, 0.2) is 18.3 Å². The number of fused-ring (bicyclic) bond motifs is 1. The maximum atomic E-state index is 5.94. The molecule has 124 valence electrons. The van der Waals surface area contributed by atoms with Gasteiger partial charge in [-0.3, -0.25) is 4.57 Å². The first-order valence-electron chi connectivity index (χ1n) is 9.01. The molecular formula is C18H26N4O. The van der Waals surface area contributed by atoms with E-state index in [0.717, 1.165) is 43.0 Å². The molecule has 0 amide bonds. The molecule has 0 spiro atoms. The lowest BCUT2D eigenvalue weighted by atomic mass is 9.93. The first-order valence-corrected chi connectivity index (χ1v) is 9.01. The van der Waals surface area contributed by atoms with Crippen LogP contribution >= 0.6 is 0 Å². The number of piperidine rings is 1. The van der Waals surface area contributed by atoms with E-state index in [0.29, 0.717) is 0 Å². The zero-order valence-corrected chi connectivity index (χ0v) is 13.9. The molecule has 0 saturated carbocycles. The Morgan fingerprint density at radius 1 is 1.26 bits per heavy atom. The smallest absolute Gasteiger partial charge is 0.162 e. The molecule has 0 bridgehead atoms. The first-order chi connectivity index (χ1) is 11.3. The largest absolute Gasteiger partial charge is 0.358 e. The third-order valence-corrected chi connectivity index (χ3v) is 5.34. The van der Waals surface area contributed by atoms with Gasteiger partial charge in [0.15, 0.2) is 5.65 Å². The van der Waals surface area contributed by atoms with Gasteiger partial charge in [-0.2, -0.15) is 0 Å². The third kappa shape index (κ3) is 3.00. The third-order valence-electron chi connectivity index (χ3n) is 5.34. The van der Waals surface area contributed by atoms with Gasteiger partial charge < -0.3 is 9.64 Å². The Balaban J connectivity index is 1.60. The lowest BCUT2D eigenvalue weighted by Gasteiger charge is -2.31. The predicted octanol–water partition coefficient (Wildman–Crippen LogP) is 3.01. The maximum absolute atomic E-state index is 5.94. The van der Waals surface area contributed by atoms with Crippen LogP contribution in [-0.2, 0) is 11.2 Å². The quantitative estimate of drug-likeness (QED) is 0.870. The normalized spacial score (nSPS) is 23.8. The Kier molecular flexibility index (Phi) is 4.31. The second-order valence-electron chi connectivity index (χ2n) is 6.79. The van der Waals surface area contributed by atoms with Gasteiger partial charge in [0.05, 0.1) is 0 Å². The van der Waals surface area contributed by atoms with Gasteiger partial charge >= 0.3 is 0 Å². The van der Waals surface area contributed by atoms with Crippen LogP contribution in [0.3, 0.4) is 0 Å². The monoisotopic (exact) mass is 314 g/mol. The Hall–Kier alpha value is -1.46. The van der Waals surface area contributed by atoms with Crippen molar-refractivity contribution in [2.45, 2.75) is 45.3 Å². The Morgan fingerprint density at radius 3 is 2.87 bits per heavy atom. The van der Waals surface area contributed by atoms with Crippen LogP contribution in [0, 0.1) is 5.92 Å². The van der Waals surface area contributed by atoms with E-state index in [2.05, 4.69) is 27.4 Å². The summed E-state index contributed by atoms with van der Waals surface area (Å²) in [6, 6.07) is 4.04. The summed E-state index contributed by atoms with van der Waals surface area (Å²) in [5.74, 6) is 1.90. The zero-order valence-electron chi connectivity index (χ0n) is 13.9. The number of hydrogen-bond donors (Lipinski definition) is 0. The second kappa shape index (κ2) is 6.57. The van der Waals surface area contributed by atoms with E-state index in [1.165, 1.54) is 38.3 Å². The highest BCUT2D eigenvalue weighted by atomic mass is 16.5. The van der Waals surface area contributed by atoms with Crippen molar-refractivity contribution in [1.82, 2.24) is 19.4 Å². The van der Waals surface area contributed by atoms with Crippen LogP contribution < -0.4 is 0 Å². The average Bonchev–Trinajstić information content (AvgIpc) is 3.22. The van der Waals surface area contributed by atoms with E-state index in [1.54, 1.807) is 0 Å². The van der Waals surface area contributed by atoms with Gasteiger partial charge in [0.25, 0.3) is 0 Å². The van der Waals surface area contributed by atoms with Crippen molar-refractivity contribution in [2.75, 3.05) is 26.2 Å². The minimum absolute atomic E-state index is 0.126. The summed E-state index contributed by atoms with van der Waals surface area (Å²) in [5, 5.41) is 0. The SMILES string of the molecule is CCN1CCC(Cc2nc3cccnc3n2C2CCCO2)CC1. The average molecular weight is 314 g/mol. The van der Waals surface area contributed by atoms with Crippen molar-refractivity contribution in [3.05, 3.63) is 24.2 Å². The lowest BCUT2D eigenvalue weighted by Crippen LogP contribution is -2.34. The van der Waals surface area contributed by atoms with Gasteiger partial charge in [-0.05, 0) is 63.4 Å².